The number of hydrogen-bond acceptors (Lipinski definition) is 3. The van der Waals surface area contributed by atoms with Crippen LogP contribution < -0.4 is 5.32 Å². The first kappa shape index (κ1) is 13.6. The van der Waals surface area contributed by atoms with Gasteiger partial charge in [-0.05, 0) is 31.2 Å². The highest BCUT2D eigenvalue weighted by atomic mass is 35.5. The van der Waals surface area contributed by atoms with Crippen LogP contribution in [0.4, 0.5) is 0 Å². The molecule has 0 aliphatic heterocycles. The van der Waals surface area contributed by atoms with E-state index in [1.54, 1.807) is 24.3 Å². The molecule has 2 aromatic heterocycles. The van der Waals surface area contributed by atoms with Gasteiger partial charge < -0.3 is 5.32 Å². The summed E-state index contributed by atoms with van der Waals surface area (Å²) in [5.41, 5.74) is 1.19. The Labute approximate surface area is 126 Å². The third-order valence-corrected chi connectivity index (χ3v) is 3.52. The molecule has 5 nitrogen and oxygen atoms in total. The molecular formula is C15H13ClN4O. The molecule has 0 fully saturated rings. The van der Waals surface area contributed by atoms with Crippen molar-refractivity contribution in [2.45, 2.75) is 13.0 Å². The maximum absolute atomic E-state index is 12.3. The largest absolute Gasteiger partial charge is 0.342 e. The molecule has 3 aromatic rings. The molecule has 21 heavy (non-hydrogen) atoms. The second-order valence-electron chi connectivity index (χ2n) is 4.66. The van der Waals surface area contributed by atoms with Crippen molar-refractivity contribution in [1.82, 2.24) is 19.9 Å². The van der Waals surface area contributed by atoms with E-state index in [0.29, 0.717) is 16.4 Å². The van der Waals surface area contributed by atoms with Gasteiger partial charge in [0.25, 0.3) is 5.91 Å². The molecule has 3 rings (SSSR count). The molecule has 1 aromatic carbocycles. The lowest BCUT2D eigenvalue weighted by Gasteiger charge is -2.13. The SMILES string of the molecule is CC(NC(=O)c1ccccc1Cl)c1nnc2ccccn12. The van der Waals surface area contributed by atoms with Crippen LogP contribution in [0.2, 0.25) is 5.02 Å². The molecular weight excluding hydrogens is 288 g/mol. The summed E-state index contributed by atoms with van der Waals surface area (Å²) in [4.78, 5) is 12.3. The smallest absolute Gasteiger partial charge is 0.253 e. The average Bonchev–Trinajstić information content (AvgIpc) is 2.91. The van der Waals surface area contributed by atoms with Gasteiger partial charge in [-0.2, -0.15) is 0 Å². The number of carbonyl (C=O) groups is 1. The minimum absolute atomic E-state index is 0.235. The highest BCUT2D eigenvalue weighted by Gasteiger charge is 2.17. The Bertz CT molecular complexity index is 799. The molecule has 0 saturated heterocycles. The van der Waals surface area contributed by atoms with E-state index in [0.717, 1.165) is 5.65 Å². The third-order valence-electron chi connectivity index (χ3n) is 3.19. The maximum atomic E-state index is 12.3. The average molecular weight is 301 g/mol. The number of fused-ring (bicyclic) bond motifs is 1. The summed E-state index contributed by atoms with van der Waals surface area (Å²) >= 11 is 6.03. The van der Waals surface area contributed by atoms with Crippen LogP contribution in [0, 0.1) is 0 Å². The van der Waals surface area contributed by atoms with Crippen LogP contribution in [0.1, 0.15) is 29.1 Å². The van der Waals surface area contributed by atoms with Crippen LogP contribution in [-0.2, 0) is 0 Å². The lowest BCUT2D eigenvalue weighted by molar-refractivity contribution is 0.0938. The van der Waals surface area contributed by atoms with Crippen molar-refractivity contribution in [2.75, 3.05) is 0 Å². The van der Waals surface area contributed by atoms with E-state index < -0.39 is 0 Å². The van der Waals surface area contributed by atoms with Crippen LogP contribution in [-0.4, -0.2) is 20.5 Å². The molecule has 0 aliphatic rings. The van der Waals surface area contributed by atoms with E-state index >= 15 is 0 Å². The van der Waals surface area contributed by atoms with Crippen molar-refractivity contribution in [3.8, 4) is 0 Å². The summed E-state index contributed by atoms with van der Waals surface area (Å²) in [7, 11) is 0. The van der Waals surface area contributed by atoms with Crippen molar-refractivity contribution >= 4 is 23.2 Å². The lowest BCUT2D eigenvalue weighted by Crippen LogP contribution is -2.28. The highest BCUT2D eigenvalue weighted by molar-refractivity contribution is 6.33. The zero-order valence-electron chi connectivity index (χ0n) is 11.3. The number of benzene rings is 1. The Balaban J connectivity index is 1.85. The number of aromatic nitrogens is 3. The third kappa shape index (κ3) is 2.60. The minimum Gasteiger partial charge on any atom is -0.342 e. The molecule has 106 valence electrons. The van der Waals surface area contributed by atoms with Crippen LogP contribution in [0.25, 0.3) is 5.65 Å². The van der Waals surface area contributed by atoms with Crippen molar-refractivity contribution in [1.29, 1.82) is 0 Å². The van der Waals surface area contributed by atoms with Gasteiger partial charge in [0.05, 0.1) is 16.6 Å². The van der Waals surface area contributed by atoms with Gasteiger partial charge >= 0.3 is 0 Å². The minimum atomic E-state index is -0.286. The van der Waals surface area contributed by atoms with Crippen molar-refractivity contribution in [3.63, 3.8) is 0 Å². The molecule has 1 atom stereocenters. The van der Waals surface area contributed by atoms with Gasteiger partial charge in [-0.1, -0.05) is 29.8 Å². The Kier molecular flexibility index (Phi) is 3.58. The number of amides is 1. The molecule has 0 bridgehead atoms. The normalized spacial score (nSPS) is 12.3. The molecule has 1 N–H and O–H groups in total. The second kappa shape index (κ2) is 5.54. The molecule has 0 spiro atoms. The predicted octanol–water partition coefficient (Wildman–Crippen LogP) is 2.87. The summed E-state index contributed by atoms with van der Waals surface area (Å²) < 4.78 is 1.84. The molecule has 1 amide bonds. The standard InChI is InChI=1S/C15H13ClN4O/c1-10(14-19-18-13-8-4-5-9-20(13)14)17-15(21)11-6-2-3-7-12(11)16/h2-10H,1H3,(H,17,21). The summed E-state index contributed by atoms with van der Waals surface area (Å²) in [6.45, 7) is 1.86. The first-order valence-electron chi connectivity index (χ1n) is 6.52. The Hall–Kier alpha value is -2.40. The Morgan fingerprint density at radius 2 is 1.95 bits per heavy atom. The quantitative estimate of drug-likeness (QED) is 0.809. The van der Waals surface area contributed by atoms with Crippen molar-refractivity contribution < 1.29 is 4.79 Å². The Morgan fingerprint density at radius 3 is 2.76 bits per heavy atom. The molecule has 0 aliphatic carbocycles. The summed E-state index contributed by atoms with van der Waals surface area (Å²) in [5.74, 6) is 0.437. The van der Waals surface area contributed by atoms with E-state index in [2.05, 4.69) is 15.5 Å². The van der Waals surface area contributed by atoms with Crippen LogP contribution in [0.15, 0.2) is 48.7 Å². The van der Waals surface area contributed by atoms with Gasteiger partial charge in [0.2, 0.25) is 0 Å². The zero-order chi connectivity index (χ0) is 14.8. The van der Waals surface area contributed by atoms with Crippen LogP contribution in [0.3, 0.4) is 0 Å². The van der Waals surface area contributed by atoms with Crippen LogP contribution >= 0.6 is 11.6 Å². The van der Waals surface area contributed by atoms with Gasteiger partial charge in [-0.15, -0.1) is 10.2 Å². The van der Waals surface area contributed by atoms with Gasteiger partial charge in [0, 0.05) is 6.20 Å². The fourth-order valence-electron chi connectivity index (χ4n) is 2.14. The highest BCUT2D eigenvalue weighted by Crippen LogP contribution is 2.17. The molecule has 6 heteroatoms. The fraction of sp³-hybridized carbons (Fsp3) is 0.133. The van der Waals surface area contributed by atoms with Gasteiger partial charge in [0.1, 0.15) is 0 Å². The second-order valence-corrected chi connectivity index (χ2v) is 5.07. The maximum Gasteiger partial charge on any atom is 0.253 e. The van der Waals surface area contributed by atoms with Gasteiger partial charge in [-0.3, -0.25) is 9.20 Å². The van der Waals surface area contributed by atoms with Gasteiger partial charge in [0.15, 0.2) is 11.5 Å². The number of nitrogens with zero attached hydrogens (tertiary/aromatic N) is 3. The lowest BCUT2D eigenvalue weighted by atomic mass is 10.2. The van der Waals surface area contributed by atoms with E-state index in [9.17, 15) is 4.79 Å². The first-order valence-corrected chi connectivity index (χ1v) is 6.89. The van der Waals surface area contributed by atoms with Crippen molar-refractivity contribution in [2.24, 2.45) is 0 Å². The number of carbonyl (C=O) groups excluding carboxylic acids is 1. The zero-order valence-corrected chi connectivity index (χ0v) is 12.1. The first-order chi connectivity index (χ1) is 10.2. The summed E-state index contributed by atoms with van der Waals surface area (Å²) in [6, 6.07) is 12.3. The number of nitrogens with one attached hydrogen (secondary N) is 1. The topological polar surface area (TPSA) is 59.3 Å². The van der Waals surface area contributed by atoms with Crippen LogP contribution in [0.5, 0.6) is 0 Å². The fourth-order valence-corrected chi connectivity index (χ4v) is 2.36. The number of halogens is 1. The molecule has 0 saturated carbocycles. The monoisotopic (exact) mass is 300 g/mol. The number of rotatable bonds is 3. The van der Waals surface area contributed by atoms with Crippen molar-refractivity contribution in [3.05, 3.63) is 65.1 Å². The van der Waals surface area contributed by atoms with E-state index in [1.807, 2.05) is 35.7 Å². The van der Waals surface area contributed by atoms with Gasteiger partial charge in [-0.25, -0.2) is 0 Å². The summed E-state index contributed by atoms with van der Waals surface area (Å²) in [5, 5.41) is 11.5. The molecule has 1 unspecified atom stereocenters. The Morgan fingerprint density at radius 1 is 1.19 bits per heavy atom. The predicted molar refractivity (Wildman–Crippen MR) is 80.3 cm³/mol. The van der Waals surface area contributed by atoms with E-state index in [4.69, 9.17) is 11.6 Å². The number of hydrogen-bond donors (Lipinski definition) is 1. The van der Waals surface area contributed by atoms with E-state index in [-0.39, 0.29) is 11.9 Å². The molecule has 2 heterocycles. The van der Waals surface area contributed by atoms with E-state index in [1.165, 1.54) is 0 Å². The molecule has 0 radical (unpaired) electrons. The summed E-state index contributed by atoms with van der Waals surface area (Å²) in [6.07, 6.45) is 1.86. The number of pyridine rings is 1.